The van der Waals surface area contributed by atoms with Crippen molar-refractivity contribution in [3.63, 3.8) is 0 Å². The summed E-state index contributed by atoms with van der Waals surface area (Å²) < 4.78 is 0. The maximum atomic E-state index is 4.40. The molecule has 0 unspecified atom stereocenters. The van der Waals surface area contributed by atoms with Gasteiger partial charge in [-0.3, -0.25) is 4.99 Å². The Labute approximate surface area is 185 Å². The molecule has 0 bridgehead atoms. The molecule has 0 aromatic carbocycles. The summed E-state index contributed by atoms with van der Waals surface area (Å²) in [5.41, 5.74) is 4.77. The van der Waals surface area contributed by atoms with Gasteiger partial charge in [0.1, 0.15) is 5.82 Å². The Hall–Kier alpha value is -1.81. The first kappa shape index (κ1) is 24.5. The summed E-state index contributed by atoms with van der Waals surface area (Å²) in [6, 6.07) is 0. The molecule has 0 atom stereocenters. The molecule has 2 aliphatic carbocycles. The Bertz CT molecular complexity index is 673. The Morgan fingerprint density at radius 1 is 1.07 bits per heavy atom. The summed E-state index contributed by atoms with van der Waals surface area (Å²) in [7, 11) is 5.63. The lowest BCUT2D eigenvalue weighted by molar-refractivity contribution is 0.227. The van der Waals surface area contributed by atoms with Crippen LogP contribution >= 0.6 is 0 Å². The molecule has 4 nitrogen and oxygen atoms in total. The van der Waals surface area contributed by atoms with Crippen molar-refractivity contribution in [1.82, 2.24) is 15.5 Å². The fraction of sp³-hybridized carbons (Fsp3) is 0.654. The number of nitrogens with zero attached hydrogens (tertiary/aromatic N) is 2. The van der Waals surface area contributed by atoms with E-state index in [9.17, 15) is 0 Å². The first-order chi connectivity index (χ1) is 14.6. The van der Waals surface area contributed by atoms with E-state index in [1.165, 1.54) is 50.8 Å². The molecule has 0 saturated carbocycles. The zero-order valence-electron chi connectivity index (χ0n) is 20.1. The highest BCUT2D eigenvalue weighted by atomic mass is 15.3. The van der Waals surface area contributed by atoms with Crippen LogP contribution in [0.2, 0.25) is 0 Å². The molecule has 0 amide bonds. The second-order valence-corrected chi connectivity index (χ2v) is 8.91. The summed E-state index contributed by atoms with van der Waals surface area (Å²) in [6.45, 7) is 6.79. The SMILES string of the molecule is CN=C(C)N/C(=C1/CCCCCC2=C(C=CC=CC2)C1)N1CCC(C)CC1.CNC. The van der Waals surface area contributed by atoms with Crippen molar-refractivity contribution in [2.45, 2.75) is 71.6 Å². The van der Waals surface area contributed by atoms with Gasteiger partial charge in [-0.2, -0.15) is 0 Å². The van der Waals surface area contributed by atoms with E-state index in [-0.39, 0.29) is 0 Å². The zero-order valence-corrected chi connectivity index (χ0v) is 20.1. The molecule has 2 N–H and O–H groups in total. The molecule has 4 heteroatoms. The second kappa shape index (κ2) is 13.5. The third-order valence-corrected chi connectivity index (χ3v) is 6.29. The first-order valence-corrected chi connectivity index (χ1v) is 11.9. The molecule has 0 aromatic rings. The van der Waals surface area contributed by atoms with Crippen molar-refractivity contribution in [3.05, 3.63) is 46.8 Å². The highest BCUT2D eigenvalue weighted by Gasteiger charge is 2.22. The van der Waals surface area contributed by atoms with Crippen LogP contribution in [0, 0.1) is 5.92 Å². The van der Waals surface area contributed by atoms with Crippen molar-refractivity contribution >= 4 is 5.84 Å². The topological polar surface area (TPSA) is 39.7 Å². The first-order valence-electron chi connectivity index (χ1n) is 11.9. The minimum atomic E-state index is 0.846. The molecular formula is C26H44N4. The Morgan fingerprint density at radius 3 is 2.47 bits per heavy atom. The van der Waals surface area contributed by atoms with Gasteiger partial charge >= 0.3 is 0 Å². The summed E-state index contributed by atoms with van der Waals surface area (Å²) in [6.07, 6.45) is 20.3. The van der Waals surface area contributed by atoms with Crippen LogP contribution in [0.3, 0.4) is 0 Å². The Morgan fingerprint density at radius 2 is 1.77 bits per heavy atom. The van der Waals surface area contributed by atoms with Gasteiger partial charge in [-0.05, 0) is 89.4 Å². The summed E-state index contributed by atoms with van der Waals surface area (Å²) in [5, 5.41) is 6.44. The third-order valence-electron chi connectivity index (χ3n) is 6.29. The van der Waals surface area contributed by atoms with Gasteiger partial charge in [0.2, 0.25) is 0 Å². The number of nitrogens with one attached hydrogen (secondary N) is 2. The van der Waals surface area contributed by atoms with Crippen LogP contribution in [0.1, 0.15) is 71.6 Å². The van der Waals surface area contributed by atoms with Crippen molar-refractivity contribution in [2.75, 3.05) is 34.2 Å². The van der Waals surface area contributed by atoms with Gasteiger partial charge in [-0.1, -0.05) is 43.2 Å². The van der Waals surface area contributed by atoms with Gasteiger partial charge in [0, 0.05) is 20.1 Å². The van der Waals surface area contributed by atoms with Gasteiger partial charge in [-0.25, -0.2) is 0 Å². The van der Waals surface area contributed by atoms with Crippen LogP contribution < -0.4 is 10.6 Å². The predicted molar refractivity (Wildman–Crippen MR) is 132 cm³/mol. The lowest BCUT2D eigenvalue weighted by atomic mass is 9.94. The van der Waals surface area contributed by atoms with Crippen molar-refractivity contribution in [1.29, 1.82) is 0 Å². The molecular weight excluding hydrogens is 368 g/mol. The molecule has 1 heterocycles. The third kappa shape index (κ3) is 7.79. The average Bonchev–Trinajstić information content (AvgIpc) is 2.91. The minimum Gasteiger partial charge on any atom is -0.358 e. The standard InChI is InChI=1S/C24H37N3.C2H7N/c1-19-14-16-27(17-15-19)24(26-20(2)25-3)23-13-9-5-7-11-21-10-6-4-8-12-22(21)18-23;1-3-2/h4,6,8,12,19H,5,7,9-11,13-18H2,1-3H3,(H,25,26);3H,1-2H3/b24-23+;. The van der Waals surface area contributed by atoms with E-state index in [0.29, 0.717) is 0 Å². The van der Waals surface area contributed by atoms with Gasteiger partial charge in [-0.15, -0.1) is 0 Å². The molecule has 3 rings (SSSR count). The number of rotatable bonds is 2. The maximum absolute atomic E-state index is 4.40. The number of allylic oxidation sites excluding steroid dienone is 7. The van der Waals surface area contributed by atoms with Gasteiger partial charge in [0.25, 0.3) is 0 Å². The van der Waals surface area contributed by atoms with Crippen molar-refractivity contribution in [2.24, 2.45) is 10.9 Å². The number of hydrogen-bond acceptors (Lipinski definition) is 3. The van der Waals surface area contributed by atoms with E-state index in [1.807, 2.05) is 21.1 Å². The minimum absolute atomic E-state index is 0.846. The maximum Gasteiger partial charge on any atom is 0.106 e. The van der Waals surface area contributed by atoms with E-state index < -0.39 is 0 Å². The van der Waals surface area contributed by atoms with E-state index in [1.54, 1.807) is 16.7 Å². The Balaban J connectivity index is 0.00000101. The van der Waals surface area contributed by atoms with Crippen molar-refractivity contribution < 1.29 is 0 Å². The zero-order chi connectivity index (χ0) is 21.8. The van der Waals surface area contributed by atoms with Crippen LogP contribution in [-0.2, 0) is 0 Å². The molecule has 1 fully saturated rings. The lowest BCUT2D eigenvalue weighted by Crippen LogP contribution is -2.40. The average molecular weight is 413 g/mol. The van der Waals surface area contributed by atoms with Crippen LogP contribution in [0.5, 0.6) is 0 Å². The monoisotopic (exact) mass is 412 g/mol. The molecule has 168 valence electrons. The molecule has 30 heavy (non-hydrogen) atoms. The fourth-order valence-corrected chi connectivity index (χ4v) is 4.38. The number of aliphatic imine (C=N–C) groups is 1. The van der Waals surface area contributed by atoms with E-state index in [2.05, 4.69) is 58.7 Å². The van der Waals surface area contributed by atoms with Crippen LogP contribution in [-0.4, -0.2) is 45.0 Å². The van der Waals surface area contributed by atoms with E-state index in [4.69, 9.17) is 0 Å². The number of amidine groups is 1. The molecule has 1 saturated heterocycles. The molecule has 3 aliphatic rings. The highest BCUT2D eigenvalue weighted by Crippen LogP contribution is 2.32. The Kier molecular flexibility index (Phi) is 11.0. The fourth-order valence-electron chi connectivity index (χ4n) is 4.38. The van der Waals surface area contributed by atoms with Gasteiger partial charge in [0.05, 0.1) is 5.84 Å². The van der Waals surface area contributed by atoms with Gasteiger partial charge < -0.3 is 15.5 Å². The molecule has 0 radical (unpaired) electrons. The van der Waals surface area contributed by atoms with Gasteiger partial charge in [0.15, 0.2) is 0 Å². The van der Waals surface area contributed by atoms with Crippen LogP contribution in [0.4, 0.5) is 0 Å². The predicted octanol–water partition coefficient (Wildman–Crippen LogP) is 5.57. The van der Waals surface area contributed by atoms with E-state index in [0.717, 1.165) is 37.7 Å². The largest absolute Gasteiger partial charge is 0.358 e. The highest BCUT2D eigenvalue weighted by molar-refractivity contribution is 5.81. The second-order valence-electron chi connectivity index (χ2n) is 8.91. The van der Waals surface area contributed by atoms with Crippen LogP contribution in [0.25, 0.3) is 0 Å². The summed E-state index contributed by atoms with van der Waals surface area (Å²) in [4.78, 5) is 7.00. The number of likely N-dealkylation sites (tertiary alicyclic amines) is 1. The molecule has 1 aliphatic heterocycles. The number of hydrogen-bond donors (Lipinski definition) is 2. The molecule has 0 aromatic heterocycles. The quantitative estimate of drug-likeness (QED) is 0.460. The normalized spacial score (nSPS) is 22.8. The van der Waals surface area contributed by atoms with E-state index >= 15 is 0 Å². The van der Waals surface area contributed by atoms with Crippen LogP contribution in [0.15, 0.2) is 51.8 Å². The number of piperidine rings is 1. The molecule has 0 spiro atoms. The smallest absolute Gasteiger partial charge is 0.106 e. The lowest BCUT2D eigenvalue weighted by Gasteiger charge is -2.36. The summed E-state index contributed by atoms with van der Waals surface area (Å²) in [5.74, 6) is 3.21. The summed E-state index contributed by atoms with van der Waals surface area (Å²) >= 11 is 0. The van der Waals surface area contributed by atoms with Crippen molar-refractivity contribution in [3.8, 4) is 0 Å².